The van der Waals surface area contributed by atoms with Gasteiger partial charge in [-0.05, 0) is 74.3 Å². The van der Waals surface area contributed by atoms with Crippen LogP contribution in [0.4, 0.5) is 0 Å². The fourth-order valence-electron chi connectivity index (χ4n) is 4.91. The van der Waals surface area contributed by atoms with Crippen molar-refractivity contribution in [2.45, 2.75) is 96.8 Å². The molecule has 1 aromatic heterocycles. The van der Waals surface area contributed by atoms with Gasteiger partial charge in [0.05, 0.1) is 23.7 Å². The number of nitriles is 1. The minimum Gasteiger partial charge on any atom is -0.425 e. The van der Waals surface area contributed by atoms with E-state index < -0.39 is 0 Å². The first kappa shape index (κ1) is 25.9. The monoisotopic (exact) mass is 460 g/mol. The number of carbonyl (C=O) groups excluding carboxylic acids is 1. The van der Waals surface area contributed by atoms with Gasteiger partial charge in [-0.1, -0.05) is 70.4 Å². The molecule has 0 spiro atoms. The van der Waals surface area contributed by atoms with Crippen LogP contribution in [0.2, 0.25) is 0 Å². The molecule has 34 heavy (non-hydrogen) atoms. The molecular formula is C30H40N2O2. The van der Waals surface area contributed by atoms with Gasteiger partial charge >= 0.3 is 5.97 Å². The second kappa shape index (κ2) is 14.6. The highest BCUT2D eigenvalue weighted by Gasteiger charge is 2.27. The Balaban J connectivity index is 1.32. The molecule has 4 nitrogen and oxygen atoms in total. The summed E-state index contributed by atoms with van der Waals surface area (Å²) in [6.07, 6.45) is 18.4. The Hall–Kier alpha value is -2.67. The Morgan fingerprint density at radius 2 is 1.65 bits per heavy atom. The fraction of sp³-hybridized carbons (Fsp3) is 0.567. The molecule has 1 aliphatic rings. The standard InChI is InChI=1S/C30H40N2O2/c1-2-3-4-5-6-7-8-9-24-14-17-27(18-15-24)30(33)34-29-21-20-28(32-23-29)19-16-25-10-12-26(22-31)13-11-25/h10-13,20-21,23-24,27H,2-9,14-19H2,1H3. The van der Waals surface area contributed by atoms with Gasteiger partial charge < -0.3 is 4.74 Å². The summed E-state index contributed by atoms with van der Waals surface area (Å²) in [5.41, 5.74) is 2.82. The van der Waals surface area contributed by atoms with Gasteiger partial charge in [-0.25, -0.2) is 0 Å². The zero-order chi connectivity index (χ0) is 24.0. The number of benzene rings is 1. The van der Waals surface area contributed by atoms with E-state index in [1.54, 1.807) is 6.20 Å². The zero-order valence-corrected chi connectivity index (χ0v) is 20.8. The number of pyridine rings is 1. The number of hydrogen-bond donors (Lipinski definition) is 0. The van der Waals surface area contributed by atoms with Crippen LogP contribution in [0.5, 0.6) is 5.75 Å². The summed E-state index contributed by atoms with van der Waals surface area (Å²) >= 11 is 0. The smallest absolute Gasteiger partial charge is 0.314 e. The van der Waals surface area contributed by atoms with Crippen molar-refractivity contribution in [1.82, 2.24) is 4.98 Å². The van der Waals surface area contributed by atoms with Crippen LogP contribution in [0.15, 0.2) is 42.6 Å². The fourth-order valence-corrected chi connectivity index (χ4v) is 4.91. The summed E-state index contributed by atoms with van der Waals surface area (Å²) in [5, 5.41) is 8.89. The lowest BCUT2D eigenvalue weighted by Crippen LogP contribution is -2.25. The Kier molecular flexibility index (Phi) is 11.1. The molecule has 182 valence electrons. The van der Waals surface area contributed by atoms with Gasteiger partial charge in [-0.2, -0.15) is 5.26 Å². The van der Waals surface area contributed by atoms with Gasteiger partial charge in [0.25, 0.3) is 0 Å². The molecule has 1 heterocycles. The van der Waals surface area contributed by atoms with E-state index in [1.807, 2.05) is 36.4 Å². The number of aryl methyl sites for hydroxylation is 2. The Bertz CT molecular complexity index is 891. The Labute approximate surface area is 205 Å². The summed E-state index contributed by atoms with van der Waals surface area (Å²) in [7, 11) is 0. The minimum absolute atomic E-state index is 0.0290. The predicted octanol–water partition coefficient (Wildman–Crippen LogP) is 7.59. The average Bonchev–Trinajstić information content (AvgIpc) is 2.88. The molecule has 0 atom stereocenters. The first-order valence-corrected chi connectivity index (χ1v) is 13.3. The third-order valence-corrected chi connectivity index (χ3v) is 7.16. The van der Waals surface area contributed by atoms with Crippen molar-refractivity contribution >= 4 is 5.97 Å². The lowest BCUT2D eigenvalue weighted by Gasteiger charge is -2.27. The molecule has 1 saturated carbocycles. The summed E-state index contributed by atoms with van der Waals surface area (Å²) in [6.45, 7) is 2.27. The minimum atomic E-state index is -0.0958. The molecule has 2 aromatic rings. The van der Waals surface area contributed by atoms with Gasteiger partial charge in [0.15, 0.2) is 0 Å². The Morgan fingerprint density at radius 3 is 2.29 bits per heavy atom. The second-order valence-electron chi connectivity index (χ2n) is 9.84. The van der Waals surface area contributed by atoms with Crippen molar-refractivity contribution in [3.05, 3.63) is 59.4 Å². The van der Waals surface area contributed by atoms with E-state index in [9.17, 15) is 4.79 Å². The van der Waals surface area contributed by atoms with Gasteiger partial charge in [0.2, 0.25) is 0 Å². The van der Waals surface area contributed by atoms with Gasteiger partial charge in [0, 0.05) is 5.69 Å². The summed E-state index contributed by atoms with van der Waals surface area (Å²) in [4.78, 5) is 17.1. The highest BCUT2D eigenvalue weighted by atomic mass is 16.5. The number of unbranched alkanes of at least 4 members (excludes halogenated alkanes) is 6. The molecule has 0 aliphatic heterocycles. The molecule has 1 aromatic carbocycles. The first-order chi connectivity index (χ1) is 16.7. The maximum Gasteiger partial charge on any atom is 0.314 e. The molecule has 0 N–H and O–H groups in total. The van der Waals surface area contributed by atoms with Gasteiger partial charge in [-0.3, -0.25) is 9.78 Å². The number of aromatic nitrogens is 1. The first-order valence-electron chi connectivity index (χ1n) is 13.3. The predicted molar refractivity (Wildman–Crippen MR) is 136 cm³/mol. The summed E-state index contributed by atoms with van der Waals surface area (Å²) in [5.74, 6) is 1.26. The second-order valence-corrected chi connectivity index (χ2v) is 9.84. The normalized spacial score (nSPS) is 17.8. The van der Waals surface area contributed by atoms with Crippen molar-refractivity contribution in [3.63, 3.8) is 0 Å². The van der Waals surface area contributed by atoms with Crippen LogP contribution < -0.4 is 4.74 Å². The largest absolute Gasteiger partial charge is 0.425 e. The van der Waals surface area contributed by atoms with Gasteiger partial charge in [0.1, 0.15) is 5.75 Å². The van der Waals surface area contributed by atoms with Crippen molar-refractivity contribution in [3.8, 4) is 11.8 Å². The third-order valence-electron chi connectivity index (χ3n) is 7.16. The Morgan fingerprint density at radius 1 is 0.941 bits per heavy atom. The number of hydrogen-bond acceptors (Lipinski definition) is 4. The van der Waals surface area contributed by atoms with Crippen LogP contribution in [0.25, 0.3) is 0 Å². The summed E-state index contributed by atoms with van der Waals surface area (Å²) in [6, 6.07) is 13.6. The lowest BCUT2D eigenvalue weighted by atomic mass is 9.80. The molecule has 0 unspecified atom stereocenters. The topological polar surface area (TPSA) is 63.0 Å². The maximum absolute atomic E-state index is 12.6. The molecule has 1 fully saturated rings. The van der Waals surface area contributed by atoms with E-state index in [2.05, 4.69) is 18.0 Å². The van der Waals surface area contributed by atoms with E-state index in [0.29, 0.717) is 11.3 Å². The van der Waals surface area contributed by atoms with Crippen LogP contribution in [0.3, 0.4) is 0 Å². The van der Waals surface area contributed by atoms with E-state index >= 15 is 0 Å². The van der Waals surface area contributed by atoms with E-state index in [1.165, 1.54) is 56.9 Å². The average molecular weight is 461 g/mol. The summed E-state index contributed by atoms with van der Waals surface area (Å²) < 4.78 is 5.65. The van der Waals surface area contributed by atoms with E-state index in [-0.39, 0.29) is 11.9 Å². The van der Waals surface area contributed by atoms with Crippen LogP contribution in [-0.4, -0.2) is 11.0 Å². The molecule has 4 heteroatoms. The number of esters is 1. The van der Waals surface area contributed by atoms with Crippen LogP contribution in [0, 0.1) is 23.2 Å². The number of rotatable bonds is 13. The van der Waals surface area contributed by atoms with Crippen molar-refractivity contribution < 1.29 is 9.53 Å². The molecule has 0 bridgehead atoms. The van der Waals surface area contributed by atoms with Gasteiger partial charge in [-0.15, -0.1) is 0 Å². The lowest BCUT2D eigenvalue weighted by molar-refractivity contribution is -0.140. The van der Waals surface area contributed by atoms with Crippen LogP contribution in [0.1, 0.15) is 101 Å². The van der Waals surface area contributed by atoms with E-state index in [4.69, 9.17) is 10.00 Å². The maximum atomic E-state index is 12.6. The highest BCUT2D eigenvalue weighted by Crippen LogP contribution is 2.33. The molecule has 0 saturated heterocycles. The number of ether oxygens (including phenoxy) is 1. The highest BCUT2D eigenvalue weighted by molar-refractivity contribution is 5.75. The third kappa shape index (κ3) is 8.93. The van der Waals surface area contributed by atoms with Crippen molar-refractivity contribution in [2.75, 3.05) is 0 Å². The quantitative estimate of drug-likeness (QED) is 0.228. The molecule has 0 amide bonds. The zero-order valence-electron chi connectivity index (χ0n) is 20.8. The molecular weight excluding hydrogens is 420 g/mol. The van der Waals surface area contributed by atoms with E-state index in [0.717, 1.165) is 50.1 Å². The number of nitrogens with zero attached hydrogens (tertiary/aromatic N) is 2. The molecule has 3 rings (SSSR count). The molecule has 1 aliphatic carbocycles. The molecule has 0 radical (unpaired) electrons. The number of carbonyl (C=O) groups is 1. The SMILES string of the molecule is CCCCCCCCCC1CCC(C(=O)Oc2ccc(CCc3ccc(C#N)cc3)nc2)CC1. The van der Waals surface area contributed by atoms with Crippen LogP contribution >= 0.6 is 0 Å². The van der Waals surface area contributed by atoms with Crippen molar-refractivity contribution in [1.29, 1.82) is 5.26 Å². The van der Waals surface area contributed by atoms with Crippen LogP contribution in [-0.2, 0) is 17.6 Å². The van der Waals surface area contributed by atoms with Crippen molar-refractivity contribution in [2.24, 2.45) is 11.8 Å².